The minimum atomic E-state index is -4.46. The van der Waals surface area contributed by atoms with Gasteiger partial charge in [0.1, 0.15) is 0 Å². The number of nitrogens with zero attached hydrogens (tertiary/aromatic N) is 1. The van der Waals surface area contributed by atoms with Crippen LogP contribution in [0.25, 0.3) is 0 Å². The third-order valence-electron chi connectivity index (χ3n) is 1.68. The Labute approximate surface area is 79.1 Å². The molecule has 0 radical (unpaired) electrons. The molecule has 14 heavy (non-hydrogen) atoms. The summed E-state index contributed by atoms with van der Waals surface area (Å²) in [6, 6.07) is 0. The standard InChI is InChI=1S/C8H10F3NO2/c9-8(10,11)6-14-7(13)12-4-2-1-3-5-12/h1-2H,3-6H2. The highest BCUT2D eigenvalue weighted by molar-refractivity contribution is 5.68. The molecule has 0 saturated heterocycles. The van der Waals surface area contributed by atoms with E-state index in [1.807, 2.05) is 6.08 Å². The Balaban J connectivity index is 2.31. The highest BCUT2D eigenvalue weighted by atomic mass is 19.4. The summed E-state index contributed by atoms with van der Waals surface area (Å²) in [6.07, 6.45) is -1.12. The van der Waals surface area contributed by atoms with E-state index in [0.717, 1.165) is 0 Å². The fourth-order valence-electron chi connectivity index (χ4n) is 1.04. The highest BCUT2D eigenvalue weighted by Crippen LogP contribution is 2.15. The van der Waals surface area contributed by atoms with Crippen LogP contribution in [0.15, 0.2) is 12.2 Å². The minimum Gasteiger partial charge on any atom is -0.440 e. The third-order valence-corrected chi connectivity index (χ3v) is 1.68. The van der Waals surface area contributed by atoms with Gasteiger partial charge in [0.15, 0.2) is 6.61 Å². The molecule has 0 aromatic rings. The van der Waals surface area contributed by atoms with Crippen LogP contribution in [0.3, 0.4) is 0 Å². The first-order chi connectivity index (χ1) is 6.49. The Kier molecular flexibility index (Phi) is 3.38. The van der Waals surface area contributed by atoms with E-state index in [2.05, 4.69) is 4.74 Å². The van der Waals surface area contributed by atoms with Crippen LogP contribution in [0.4, 0.5) is 18.0 Å². The SMILES string of the molecule is O=C(OCC(F)(F)F)N1CC=CCC1. The lowest BCUT2D eigenvalue weighted by Crippen LogP contribution is -2.36. The first-order valence-electron chi connectivity index (χ1n) is 4.12. The number of carbonyl (C=O) groups excluding carboxylic acids is 1. The molecule has 0 atom stereocenters. The van der Waals surface area contributed by atoms with Crippen molar-refractivity contribution in [3.63, 3.8) is 0 Å². The normalized spacial score (nSPS) is 16.9. The zero-order chi connectivity index (χ0) is 10.6. The molecule has 0 spiro atoms. The first kappa shape index (κ1) is 10.9. The van der Waals surface area contributed by atoms with E-state index in [1.54, 1.807) is 6.08 Å². The quantitative estimate of drug-likeness (QED) is 0.618. The van der Waals surface area contributed by atoms with Crippen molar-refractivity contribution >= 4 is 6.09 Å². The van der Waals surface area contributed by atoms with E-state index >= 15 is 0 Å². The van der Waals surface area contributed by atoms with Crippen molar-refractivity contribution in [3.8, 4) is 0 Å². The number of ether oxygens (including phenoxy) is 1. The Hall–Kier alpha value is -1.20. The van der Waals surface area contributed by atoms with Crippen LogP contribution in [0.5, 0.6) is 0 Å². The second kappa shape index (κ2) is 4.34. The Bertz CT molecular complexity index is 237. The van der Waals surface area contributed by atoms with Crippen molar-refractivity contribution in [2.45, 2.75) is 12.6 Å². The first-order valence-corrected chi connectivity index (χ1v) is 4.12. The topological polar surface area (TPSA) is 29.5 Å². The largest absolute Gasteiger partial charge is 0.440 e. The monoisotopic (exact) mass is 209 g/mol. The maximum absolute atomic E-state index is 11.7. The summed E-state index contributed by atoms with van der Waals surface area (Å²) in [7, 11) is 0. The Morgan fingerprint density at radius 3 is 2.64 bits per heavy atom. The number of carbonyl (C=O) groups is 1. The molecule has 1 aliphatic heterocycles. The molecule has 0 bridgehead atoms. The van der Waals surface area contributed by atoms with Crippen LogP contribution in [0.1, 0.15) is 6.42 Å². The third kappa shape index (κ3) is 3.68. The summed E-state index contributed by atoms with van der Waals surface area (Å²) in [5, 5.41) is 0. The lowest BCUT2D eigenvalue weighted by atomic mass is 10.3. The predicted octanol–water partition coefficient (Wildman–Crippen LogP) is 1.95. The van der Waals surface area contributed by atoms with E-state index in [9.17, 15) is 18.0 Å². The van der Waals surface area contributed by atoms with Gasteiger partial charge in [-0.15, -0.1) is 0 Å². The van der Waals surface area contributed by atoms with Crippen LogP contribution in [0, 0.1) is 0 Å². The summed E-state index contributed by atoms with van der Waals surface area (Å²) in [5.41, 5.74) is 0. The number of hydrogen-bond donors (Lipinski definition) is 0. The van der Waals surface area contributed by atoms with Gasteiger partial charge >= 0.3 is 12.3 Å². The molecule has 0 fully saturated rings. The molecule has 3 nitrogen and oxygen atoms in total. The van der Waals surface area contributed by atoms with Gasteiger partial charge in [0.05, 0.1) is 0 Å². The molecule has 0 aromatic heterocycles. The van der Waals surface area contributed by atoms with Gasteiger partial charge < -0.3 is 9.64 Å². The molecular formula is C8H10F3NO2. The predicted molar refractivity (Wildman–Crippen MR) is 42.7 cm³/mol. The van der Waals surface area contributed by atoms with Gasteiger partial charge in [-0.1, -0.05) is 12.2 Å². The van der Waals surface area contributed by atoms with E-state index < -0.39 is 18.9 Å². The maximum Gasteiger partial charge on any atom is 0.422 e. The molecule has 0 N–H and O–H groups in total. The minimum absolute atomic E-state index is 0.316. The van der Waals surface area contributed by atoms with Crippen molar-refractivity contribution in [1.29, 1.82) is 0 Å². The van der Waals surface area contributed by atoms with Gasteiger partial charge in [0.25, 0.3) is 0 Å². The van der Waals surface area contributed by atoms with Gasteiger partial charge in [-0.05, 0) is 6.42 Å². The van der Waals surface area contributed by atoms with Crippen LogP contribution in [-0.2, 0) is 4.74 Å². The lowest BCUT2D eigenvalue weighted by Gasteiger charge is -2.22. The van der Waals surface area contributed by atoms with E-state index in [4.69, 9.17) is 0 Å². The fourth-order valence-corrected chi connectivity index (χ4v) is 1.04. The number of halogens is 3. The summed E-state index contributed by atoms with van der Waals surface area (Å²) in [4.78, 5) is 12.2. The fraction of sp³-hybridized carbons (Fsp3) is 0.625. The summed E-state index contributed by atoms with van der Waals surface area (Å²) in [6.45, 7) is -0.796. The molecule has 1 heterocycles. The van der Waals surface area contributed by atoms with Gasteiger partial charge in [0.2, 0.25) is 0 Å². The van der Waals surface area contributed by atoms with Gasteiger partial charge in [-0.25, -0.2) is 4.79 Å². The molecule has 1 aliphatic rings. The van der Waals surface area contributed by atoms with Gasteiger partial charge in [0, 0.05) is 13.1 Å². The van der Waals surface area contributed by atoms with Crippen LogP contribution in [-0.4, -0.2) is 36.9 Å². The zero-order valence-electron chi connectivity index (χ0n) is 7.38. The number of amides is 1. The molecule has 6 heteroatoms. The van der Waals surface area contributed by atoms with Crippen molar-refractivity contribution in [2.75, 3.05) is 19.7 Å². The van der Waals surface area contributed by atoms with Gasteiger partial charge in [-0.3, -0.25) is 0 Å². The Morgan fingerprint density at radius 1 is 1.43 bits per heavy atom. The Morgan fingerprint density at radius 2 is 2.14 bits per heavy atom. The van der Waals surface area contributed by atoms with Crippen LogP contribution < -0.4 is 0 Å². The maximum atomic E-state index is 11.7. The number of hydrogen-bond acceptors (Lipinski definition) is 2. The molecule has 0 unspecified atom stereocenters. The summed E-state index contributed by atoms with van der Waals surface area (Å²) in [5.74, 6) is 0. The smallest absolute Gasteiger partial charge is 0.422 e. The molecular weight excluding hydrogens is 199 g/mol. The van der Waals surface area contributed by atoms with E-state index in [-0.39, 0.29) is 0 Å². The molecule has 1 rings (SSSR count). The summed E-state index contributed by atoms with van der Waals surface area (Å²) >= 11 is 0. The second-order valence-electron chi connectivity index (χ2n) is 2.88. The summed E-state index contributed by atoms with van der Waals surface area (Å²) < 4.78 is 39.1. The van der Waals surface area contributed by atoms with Crippen molar-refractivity contribution < 1.29 is 22.7 Å². The number of rotatable bonds is 1. The van der Waals surface area contributed by atoms with E-state index in [1.165, 1.54) is 4.90 Å². The van der Waals surface area contributed by atoms with Crippen molar-refractivity contribution in [3.05, 3.63) is 12.2 Å². The molecule has 0 aromatic carbocycles. The average Bonchev–Trinajstić information content (AvgIpc) is 2.14. The molecule has 80 valence electrons. The molecule has 0 saturated carbocycles. The molecule has 0 aliphatic carbocycles. The van der Waals surface area contributed by atoms with Crippen LogP contribution in [0.2, 0.25) is 0 Å². The van der Waals surface area contributed by atoms with Gasteiger partial charge in [-0.2, -0.15) is 13.2 Å². The van der Waals surface area contributed by atoms with Crippen LogP contribution >= 0.6 is 0 Å². The zero-order valence-corrected chi connectivity index (χ0v) is 7.38. The average molecular weight is 209 g/mol. The number of alkyl halides is 3. The van der Waals surface area contributed by atoms with Crippen molar-refractivity contribution in [1.82, 2.24) is 4.90 Å². The molecule has 1 amide bonds. The highest BCUT2D eigenvalue weighted by Gasteiger charge is 2.30. The second-order valence-corrected chi connectivity index (χ2v) is 2.88. The lowest BCUT2D eigenvalue weighted by molar-refractivity contribution is -0.162. The van der Waals surface area contributed by atoms with Crippen molar-refractivity contribution in [2.24, 2.45) is 0 Å². The van der Waals surface area contributed by atoms with E-state index in [0.29, 0.717) is 19.5 Å².